The van der Waals surface area contributed by atoms with Gasteiger partial charge in [0.05, 0.1) is 16.2 Å². The first-order valence-corrected chi connectivity index (χ1v) is 9.54. The van der Waals surface area contributed by atoms with Gasteiger partial charge in [-0.1, -0.05) is 59.6 Å². The normalized spacial score (nSPS) is 10.8. The van der Waals surface area contributed by atoms with Gasteiger partial charge in [-0.2, -0.15) is 0 Å². The molecule has 0 radical (unpaired) electrons. The van der Waals surface area contributed by atoms with Crippen molar-refractivity contribution in [3.63, 3.8) is 0 Å². The van der Waals surface area contributed by atoms with Crippen molar-refractivity contribution in [1.82, 2.24) is 4.98 Å². The lowest BCUT2D eigenvalue weighted by Gasteiger charge is -2.13. The van der Waals surface area contributed by atoms with E-state index in [4.69, 9.17) is 23.2 Å². The average molecular weight is 407 g/mol. The summed E-state index contributed by atoms with van der Waals surface area (Å²) < 4.78 is 0. The van der Waals surface area contributed by atoms with Crippen molar-refractivity contribution in [2.75, 3.05) is 5.32 Å². The van der Waals surface area contributed by atoms with Gasteiger partial charge in [0.25, 0.3) is 5.91 Å². The molecule has 138 valence electrons. The Kier molecular flexibility index (Phi) is 5.29. The monoisotopic (exact) mass is 406 g/mol. The Bertz CT molecular complexity index is 1160. The summed E-state index contributed by atoms with van der Waals surface area (Å²) in [5, 5.41) is 4.86. The fraction of sp³-hybridized carbons (Fsp3) is 0.0435. The van der Waals surface area contributed by atoms with Crippen LogP contribution in [-0.4, -0.2) is 10.9 Å². The fourth-order valence-electron chi connectivity index (χ4n) is 3.16. The molecule has 1 aromatic heterocycles. The predicted octanol–water partition coefficient (Wildman–Crippen LogP) is 6.38. The van der Waals surface area contributed by atoms with Gasteiger partial charge in [0.1, 0.15) is 0 Å². The van der Waals surface area contributed by atoms with Gasteiger partial charge in [-0.15, -0.1) is 0 Å². The van der Waals surface area contributed by atoms with Crippen LogP contribution in [0, 0.1) is 0 Å². The molecule has 5 heteroatoms. The Morgan fingerprint density at radius 2 is 1.75 bits per heavy atom. The zero-order valence-electron chi connectivity index (χ0n) is 14.8. The van der Waals surface area contributed by atoms with Gasteiger partial charge in [0.2, 0.25) is 0 Å². The third-order valence-corrected chi connectivity index (χ3v) is 5.08. The highest BCUT2D eigenvalue weighted by Gasteiger charge is 2.15. The van der Waals surface area contributed by atoms with Crippen molar-refractivity contribution < 1.29 is 4.79 Å². The first kappa shape index (κ1) is 18.5. The number of amides is 1. The number of aromatic nitrogens is 1. The lowest BCUT2D eigenvalue weighted by Crippen LogP contribution is -2.15. The number of nitrogens with zero attached hydrogens (tertiary/aromatic N) is 1. The van der Waals surface area contributed by atoms with E-state index in [1.54, 1.807) is 30.5 Å². The number of hydrogen-bond donors (Lipinski definition) is 1. The Morgan fingerprint density at radius 1 is 0.929 bits per heavy atom. The van der Waals surface area contributed by atoms with Crippen LogP contribution < -0.4 is 5.32 Å². The zero-order valence-corrected chi connectivity index (χ0v) is 16.3. The Labute approximate surface area is 172 Å². The molecule has 1 amide bonds. The molecule has 0 bridgehead atoms. The fourth-order valence-corrected chi connectivity index (χ4v) is 3.55. The van der Waals surface area contributed by atoms with Gasteiger partial charge in [0, 0.05) is 22.2 Å². The lowest BCUT2D eigenvalue weighted by atomic mass is 9.99. The molecule has 0 saturated heterocycles. The summed E-state index contributed by atoms with van der Waals surface area (Å²) in [6.07, 6.45) is 2.31. The zero-order chi connectivity index (χ0) is 19.5. The molecule has 0 atom stereocenters. The minimum atomic E-state index is -0.234. The van der Waals surface area contributed by atoms with Crippen LogP contribution >= 0.6 is 23.2 Å². The average Bonchev–Trinajstić information content (AvgIpc) is 2.72. The summed E-state index contributed by atoms with van der Waals surface area (Å²) in [6, 6.07) is 22.6. The Hall–Kier alpha value is -2.88. The number of benzene rings is 3. The first-order chi connectivity index (χ1) is 13.6. The van der Waals surface area contributed by atoms with E-state index >= 15 is 0 Å². The molecule has 3 aromatic carbocycles. The smallest absolute Gasteiger partial charge is 0.256 e. The number of pyridine rings is 1. The van der Waals surface area contributed by atoms with Crippen LogP contribution in [0.3, 0.4) is 0 Å². The van der Waals surface area contributed by atoms with E-state index in [0.717, 1.165) is 16.5 Å². The van der Waals surface area contributed by atoms with Gasteiger partial charge in [0.15, 0.2) is 0 Å². The van der Waals surface area contributed by atoms with E-state index in [1.807, 2.05) is 48.5 Å². The molecule has 1 heterocycles. The van der Waals surface area contributed by atoms with E-state index in [-0.39, 0.29) is 5.91 Å². The molecular weight excluding hydrogens is 391 g/mol. The third-order valence-electron chi connectivity index (χ3n) is 4.52. The quantitative estimate of drug-likeness (QED) is 0.426. The molecular formula is C23H16Cl2N2O. The number of nitrogens with one attached hydrogen (secondary N) is 1. The number of rotatable bonds is 4. The van der Waals surface area contributed by atoms with Crippen molar-refractivity contribution in [2.45, 2.75) is 6.42 Å². The number of anilines is 1. The molecule has 0 fully saturated rings. The van der Waals surface area contributed by atoms with E-state index in [0.29, 0.717) is 33.2 Å². The van der Waals surface area contributed by atoms with E-state index < -0.39 is 0 Å². The molecule has 4 aromatic rings. The van der Waals surface area contributed by atoms with Crippen molar-refractivity contribution >= 4 is 45.7 Å². The second kappa shape index (κ2) is 8.01. The summed E-state index contributed by atoms with van der Waals surface area (Å²) >= 11 is 12.4. The van der Waals surface area contributed by atoms with Crippen molar-refractivity contribution in [1.29, 1.82) is 0 Å². The lowest BCUT2D eigenvalue weighted by molar-refractivity contribution is 0.102. The first-order valence-electron chi connectivity index (χ1n) is 8.79. The molecule has 0 spiro atoms. The van der Waals surface area contributed by atoms with Gasteiger partial charge < -0.3 is 5.32 Å². The highest BCUT2D eigenvalue weighted by atomic mass is 35.5. The standard InChI is InChI=1S/C23H16Cl2N2O/c24-17-9-8-16(13-15-5-2-1-3-6-15)19(14-17)23(28)27-21-11-10-20(25)18-7-4-12-26-22(18)21/h1-12,14H,13H2,(H,27,28). The number of hydrogen-bond acceptors (Lipinski definition) is 2. The predicted molar refractivity (Wildman–Crippen MR) is 115 cm³/mol. The molecule has 4 rings (SSSR count). The molecule has 1 N–H and O–H groups in total. The van der Waals surface area contributed by atoms with Crippen LogP contribution in [0.4, 0.5) is 5.69 Å². The van der Waals surface area contributed by atoms with Crippen LogP contribution in [0.1, 0.15) is 21.5 Å². The summed E-state index contributed by atoms with van der Waals surface area (Å²) in [5.74, 6) is -0.234. The van der Waals surface area contributed by atoms with E-state index in [1.165, 1.54) is 0 Å². The van der Waals surface area contributed by atoms with Crippen LogP contribution in [0.5, 0.6) is 0 Å². The van der Waals surface area contributed by atoms with Gasteiger partial charge in [-0.3, -0.25) is 9.78 Å². The minimum absolute atomic E-state index is 0.234. The topological polar surface area (TPSA) is 42.0 Å². The summed E-state index contributed by atoms with van der Waals surface area (Å²) in [6.45, 7) is 0. The van der Waals surface area contributed by atoms with Gasteiger partial charge in [-0.25, -0.2) is 0 Å². The third kappa shape index (κ3) is 3.86. The molecule has 0 aliphatic carbocycles. The SMILES string of the molecule is O=C(Nc1ccc(Cl)c2cccnc12)c1cc(Cl)ccc1Cc1ccccc1. The second-order valence-electron chi connectivity index (χ2n) is 6.41. The summed E-state index contributed by atoms with van der Waals surface area (Å²) in [4.78, 5) is 17.4. The number of halogens is 2. The molecule has 0 saturated carbocycles. The summed E-state index contributed by atoms with van der Waals surface area (Å²) in [7, 11) is 0. The van der Waals surface area contributed by atoms with E-state index in [2.05, 4.69) is 10.3 Å². The highest BCUT2D eigenvalue weighted by Crippen LogP contribution is 2.29. The molecule has 0 unspecified atom stereocenters. The summed E-state index contributed by atoms with van der Waals surface area (Å²) in [5.41, 5.74) is 3.82. The van der Waals surface area contributed by atoms with Crippen molar-refractivity contribution in [3.8, 4) is 0 Å². The molecule has 3 nitrogen and oxygen atoms in total. The maximum Gasteiger partial charge on any atom is 0.256 e. The molecule has 28 heavy (non-hydrogen) atoms. The number of carbonyl (C=O) groups is 1. The minimum Gasteiger partial charge on any atom is -0.320 e. The second-order valence-corrected chi connectivity index (χ2v) is 7.26. The van der Waals surface area contributed by atoms with Crippen LogP contribution in [-0.2, 0) is 6.42 Å². The van der Waals surface area contributed by atoms with E-state index in [9.17, 15) is 4.79 Å². The van der Waals surface area contributed by atoms with Crippen molar-refractivity contribution in [3.05, 3.63) is 106 Å². The van der Waals surface area contributed by atoms with Gasteiger partial charge >= 0.3 is 0 Å². The number of fused-ring (bicyclic) bond motifs is 1. The van der Waals surface area contributed by atoms with Crippen LogP contribution in [0.25, 0.3) is 10.9 Å². The maximum absolute atomic E-state index is 13.1. The Morgan fingerprint density at radius 3 is 2.57 bits per heavy atom. The highest BCUT2D eigenvalue weighted by molar-refractivity contribution is 6.36. The largest absolute Gasteiger partial charge is 0.320 e. The number of carbonyl (C=O) groups excluding carboxylic acids is 1. The molecule has 0 aliphatic rings. The Balaban J connectivity index is 1.69. The van der Waals surface area contributed by atoms with Crippen LogP contribution in [0.2, 0.25) is 10.0 Å². The van der Waals surface area contributed by atoms with Crippen LogP contribution in [0.15, 0.2) is 79.0 Å². The molecule has 0 aliphatic heterocycles. The maximum atomic E-state index is 13.1. The van der Waals surface area contributed by atoms with Crippen molar-refractivity contribution in [2.24, 2.45) is 0 Å². The van der Waals surface area contributed by atoms with Gasteiger partial charge in [-0.05, 0) is 53.9 Å².